The van der Waals surface area contributed by atoms with E-state index in [1.165, 1.54) is 43.8 Å². The summed E-state index contributed by atoms with van der Waals surface area (Å²) in [5.74, 6) is -0.532. The number of carbonyl (C=O) groups is 2. The molecule has 0 saturated carbocycles. The molecular formula is C22H25N5O3S2. The van der Waals surface area contributed by atoms with Gasteiger partial charge in [-0.05, 0) is 31.9 Å². The predicted molar refractivity (Wildman–Crippen MR) is 128 cm³/mol. The molecule has 0 aliphatic carbocycles. The Morgan fingerprint density at radius 1 is 1.16 bits per heavy atom. The molecule has 1 saturated heterocycles. The van der Waals surface area contributed by atoms with Crippen LogP contribution in [0.25, 0.3) is 10.3 Å². The number of rotatable bonds is 7. The first-order chi connectivity index (χ1) is 15.7. The first kappa shape index (κ1) is 22.5. The molecule has 0 spiro atoms. The van der Waals surface area contributed by atoms with E-state index in [9.17, 15) is 9.59 Å². The van der Waals surface area contributed by atoms with Crippen molar-refractivity contribution in [2.45, 2.75) is 37.6 Å². The van der Waals surface area contributed by atoms with Crippen LogP contribution in [0.2, 0.25) is 0 Å². The fraction of sp³-hybridized carbons (Fsp3) is 0.409. The van der Waals surface area contributed by atoms with Gasteiger partial charge in [0.15, 0.2) is 10.8 Å². The molecule has 0 radical (unpaired) electrons. The zero-order valence-corrected chi connectivity index (χ0v) is 19.5. The van der Waals surface area contributed by atoms with Crippen molar-refractivity contribution in [1.29, 1.82) is 0 Å². The van der Waals surface area contributed by atoms with E-state index in [-0.39, 0.29) is 18.3 Å². The Kier molecular flexibility index (Phi) is 7.54. The highest BCUT2D eigenvalue weighted by Gasteiger charge is 2.19. The van der Waals surface area contributed by atoms with E-state index in [1.54, 1.807) is 42.5 Å². The van der Waals surface area contributed by atoms with Crippen LogP contribution in [0.4, 0.5) is 10.8 Å². The Morgan fingerprint density at radius 3 is 2.72 bits per heavy atom. The van der Waals surface area contributed by atoms with Crippen molar-refractivity contribution in [3.63, 3.8) is 0 Å². The summed E-state index contributed by atoms with van der Waals surface area (Å²) < 4.78 is 5.97. The van der Waals surface area contributed by atoms with Crippen molar-refractivity contribution in [3.8, 4) is 0 Å². The molecule has 168 valence electrons. The lowest BCUT2D eigenvalue weighted by molar-refractivity contribution is -0.113. The van der Waals surface area contributed by atoms with Crippen molar-refractivity contribution in [3.05, 3.63) is 36.2 Å². The summed E-state index contributed by atoms with van der Waals surface area (Å²) in [7, 11) is 0. The highest BCUT2D eigenvalue weighted by Crippen LogP contribution is 2.34. The minimum Gasteiger partial charge on any atom is -0.462 e. The molecular weight excluding hydrogens is 446 g/mol. The summed E-state index contributed by atoms with van der Waals surface area (Å²) in [6.45, 7) is 4.04. The van der Waals surface area contributed by atoms with Crippen molar-refractivity contribution in [2.24, 2.45) is 0 Å². The molecule has 1 aliphatic rings. The number of thioether (sulfide) groups is 1. The Hall–Kier alpha value is -2.72. The largest absolute Gasteiger partial charge is 0.462 e. The standard InChI is InChI=1S/C22H25N5O3S2/c1-2-30-21(29)15-9-5-6-10-16(15)25-17(28)13-31-20-18-19(23-14-24-20)26-22(32-18)27-11-7-3-4-8-12-27/h5-6,9-10,14H,2-4,7-8,11-13H2,1H3,(H,25,28). The summed E-state index contributed by atoms with van der Waals surface area (Å²) in [6.07, 6.45) is 6.37. The number of esters is 1. The zero-order valence-electron chi connectivity index (χ0n) is 17.9. The summed E-state index contributed by atoms with van der Waals surface area (Å²) in [5.41, 5.74) is 1.44. The fourth-order valence-corrected chi connectivity index (χ4v) is 5.46. The van der Waals surface area contributed by atoms with Crippen LogP contribution in [0.15, 0.2) is 35.6 Å². The first-order valence-corrected chi connectivity index (χ1v) is 12.5. The number of hydrogen-bond donors (Lipinski definition) is 1. The van der Waals surface area contributed by atoms with Crippen LogP contribution in [-0.4, -0.2) is 52.3 Å². The van der Waals surface area contributed by atoms with Crippen LogP contribution < -0.4 is 10.2 Å². The summed E-state index contributed by atoms with van der Waals surface area (Å²) in [5, 5.41) is 4.52. The molecule has 32 heavy (non-hydrogen) atoms. The number of fused-ring (bicyclic) bond motifs is 1. The van der Waals surface area contributed by atoms with Gasteiger partial charge < -0.3 is 15.0 Å². The van der Waals surface area contributed by atoms with E-state index >= 15 is 0 Å². The monoisotopic (exact) mass is 471 g/mol. The molecule has 1 aliphatic heterocycles. The van der Waals surface area contributed by atoms with Crippen LogP contribution in [0, 0.1) is 0 Å². The van der Waals surface area contributed by atoms with E-state index in [2.05, 4.69) is 20.2 Å². The van der Waals surface area contributed by atoms with E-state index in [1.807, 2.05) is 0 Å². The smallest absolute Gasteiger partial charge is 0.340 e. The minimum atomic E-state index is -0.459. The molecule has 0 bridgehead atoms. The maximum Gasteiger partial charge on any atom is 0.340 e. The second-order valence-electron chi connectivity index (χ2n) is 7.33. The number of para-hydroxylation sites is 1. The van der Waals surface area contributed by atoms with E-state index in [0.717, 1.165) is 27.9 Å². The van der Waals surface area contributed by atoms with Crippen LogP contribution in [0.5, 0.6) is 0 Å². The van der Waals surface area contributed by atoms with Crippen molar-refractivity contribution in [1.82, 2.24) is 15.0 Å². The average Bonchev–Trinajstić information content (AvgIpc) is 3.05. The van der Waals surface area contributed by atoms with Crippen molar-refractivity contribution in [2.75, 3.05) is 35.7 Å². The van der Waals surface area contributed by atoms with Gasteiger partial charge in [0.25, 0.3) is 0 Å². The third kappa shape index (κ3) is 5.36. The quantitative estimate of drug-likeness (QED) is 0.308. The van der Waals surface area contributed by atoms with Crippen LogP contribution in [0.3, 0.4) is 0 Å². The van der Waals surface area contributed by atoms with Crippen molar-refractivity contribution >= 4 is 56.1 Å². The molecule has 2 aromatic heterocycles. The second kappa shape index (κ2) is 10.7. The van der Waals surface area contributed by atoms with Gasteiger partial charge in [-0.25, -0.2) is 14.8 Å². The normalized spacial score (nSPS) is 14.2. The highest BCUT2D eigenvalue weighted by molar-refractivity contribution is 8.00. The van der Waals surface area contributed by atoms with Gasteiger partial charge in [0.2, 0.25) is 5.91 Å². The van der Waals surface area contributed by atoms with Gasteiger partial charge in [0, 0.05) is 13.1 Å². The molecule has 3 heterocycles. The lowest BCUT2D eigenvalue weighted by Gasteiger charge is -2.18. The Bertz CT molecular complexity index is 1100. The lowest BCUT2D eigenvalue weighted by atomic mass is 10.2. The van der Waals surface area contributed by atoms with E-state index in [4.69, 9.17) is 9.72 Å². The number of aromatic nitrogens is 3. The summed E-state index contributed by atoms with van der Waals surface area (Å²) in [4.78, 5) is 40.5. The Labute approximate surface area is 194 Å². The van der Waals surface area contributed by atoms with Gasteiger partial charge in [0.1, 0.15) is 16.1 Å². The van der Waals surface area contributed by atoms with E-state index in [0.29, 0.717) is 16.9 Å². The van der Waals surface area contributed by atoms with Gasteiger partial charge in [-0.1, -0.05) is 48.1 Å². The van der Waals surface area contributed by atoms with Gasteiger partial charge in [0.05, 0.1) is 23.6 Å². The molecule has 0 atom stereocenters. The molecule has 1 N–H and O–H groups in total. The zero-order chi connectivity index (χ0) is 22.3. The third-order valence-electron chi connectivity index (χ3n) is 5.06. The minimum absolute atomic E-state index is 0.153. The molecule has 10 heteroatoms. The lowest BCUT2D eigenvalue weighted by Crippen LogP contribution is -2.23. The SMILES string of the molecule is CCOC(=O)c1ccccc1NC(=O)CSc1ncnc2nc(N3CCCCCC3)sc12. The number of nitrogens with one attached hydrogen (secondary N) is 1. The number of anilines is 2. The molecule has 1 fully saturated rings. The average molecular weight is 472 g/mol. The van der Waals surface area contributed by atoms with Crippen LogP contribution >= 0.6 is 23.1 Å². The highest BCUT2D eigenvalue weighted by atomic mass is 32.2. The van der Waals surface area contributed by atoms with Gasteiger partial charge in [-0.15, -0.1) is 0 Å². The van der Waals surface area contributed by atoms with Gasteiger partial charge in [-0.2, -0.15) is 4.98 Å². The summed E-state index contributed by atoms with van der Waals surface area (Å²) >= 11 is 2.92. The Balaban J connectivity index is 1.44. The topological polar surface area (TPSA) is 97.3 Å². The number of carbonyl (C=O) groups excluding carboxylic acids is 2. The Morgan fingerprint density at radius 2 is 1.94 bits per heavy atom. The number of benzene rings is 1. The second-order valence-corrected chi connectivity index (χ2v) is 9.27. The first-order valence-electron chi connectivity index (χ1n) is 10.7. The number of hydrogen-bond acceptors (Lipinski definition) is 9. The van der Waals surface area contributed by atoms with Crippen LogP contribution in [-0.2, 0) is 9.53 Å². The number of nitrogens with zero attached hydrogens (tertiary/aromatic N) is 4. The van der Waals surface area contributed by atoms with E-state index < -0.39 is 5.97 Å². The van der Waals surface area contributed by atoms with Gasteiger partial charge in [-0.3, -0.25) is 4.79 Å². The van der Waals surface area contributed by atoms with Gasteiger partial charge >= 0.3 is 5.97 Å². The molecule has 1 aromatic carbocycles. The predicted octanol–water partition coefficient (Wildman–Crippen LogP) is 4.37. The molecule has 1 amide bonds. The molecule has 3 aromatic rings. The summed E-state index contributed by atoms with van der Waals surface area (Å²) in [6, 6.07) is 6.83. The number of amides is 1. The van der Waals surface area contributed by atoms with Crippen LogP contribution in [0.1, 0.15) is 43.0 Å². The van der Waals surface area contributed by atoms with Crippen molar-refractivity contribution < 1.29 is 14.3 Å². The fourth-order valence-electron chi connectivity index (χ4n) is 3.52. The third-order valence-corrected chi connectivity index (χ3v) is 7.29. The molecule has 0 unspecified atom stereocenters. The maximum absolute atomic E-state index is 12.6. The number of ether oxygens (including phenoxy) is 1. The molecule has 8 nitrogen and oxygen atoms in total. The number of thiazole rings is 1. The molecule has 4 rings (SSSR count). The maximum atomic E-state index is 12.6.